The Hall–Kier alpha value is -1.58. The number of nitrogen functional groups attached to an aromatic ring is 1. The lowest BCUT2D eigenvalue weighted by Gasteiger charge is -2.23. The molecule has 0 aromatic carbocycles. The summed E-state index contributed by atoms with van der Waals surface area (Å²) in [5.74, 6) is 0.650. The van der Waals surface area contributed by atoms with E-state index in [0.717, 1.165) is 25.8 Å². The zero-order chi connectivity index (χ0) is 13.1. The molecule has 18 heavy (non-hydrogen) atoms. The summed E-state index contributed by atoms with van der Waals surface area (Å²) in [6.45, 7) is 5.18. The van der Waals surface area contributed by atoms with E-state index in [-0.39, 0.29) is 5.91 Å². The predicted octanol–water partition coefficient (Wildman–Crippen LogP) is 2.31. The van der Waals surface area contributed by atoms with E-state index in [1.165, 1.54) is 0 Å². The van der Waals surface area contributed by atoms with Gasteiger partial charge in [-0.05, 0) is 37.3 Å². The SMILES string of the molecule is CC(C)CCN(C(=O)c1ccc(N)cn1)C1CC1. The Balaban J connectivity index is 2.05. The summed E-state index contributed by atoms with van der Waals surface area (Å²) in [4.78, 5) is 18.5. The largest absolute Gasteiger partial charge is 0.397 e. The summed E-state index contributed by atoms with van der Waals surface area (Å²) in [6, 6.07) is 3.87. The molecular formula is C14H21N3O. The van der Waals surface area contributed by atoms with Gasteiger partial charge in [-0.2, -0.15) is 0 Å². The molecule has 1 aliphatic rings. The van der Waals surface area contributed by atoms with Crippen molar-refractivity contribution in [3.8, 4) is 0 Å². The maximum atomic E-state index is 12.4. The number of aromatic nitrogens is 1. The van der Waals surface area contributed by atoms with Gasteiger partial charge in [0.05, 0.1) is 11.9 Å². The van der Waals surface area contributed by atoms with Gasteiger partial charge in [0.25, 0.3) is 5.91 Å². The van der Waals surface area contributed by atoms with E-state index in [9.17, 15) is 4.79 Å². The molecule has 0 saturated heterocycles. The number of anilines is 1. The molecule has 0 unspecified atom stereocenters. The minimum absolute atomic E-state index is 0.0400. The standard InChI is InChI=1S/C14H21N3O/c1-10(2)7-8-17(12-4-5-12)14(18)13-6-3-11(15)9-16-13/h3,6,9-10,12H,4-5,7-8,15H2,1-2H3. The van der Waals surface area contributed by atoms with Crippen LogP contribution in [0.1, 0.15) is 43.6 Å². The van der Waals surface area contributed by atoms with Crippen molar-refractivity contribution in [2.75, 3.05) is 12.3 Å². The average Bonchev–Trinajstić information content (AvgIpc) is 3.14. The molecule has 1 aliphatic carbocycles. The Labute approximate surface area is 108 Å². The van der Waals surface area contributed by atoms with Crippen molar-refractivity contribution in [2.24, 2.45) is 5.92 Å². The molecule has 1 amide bonds. The van der Waals surface area contributed by atoms with E-state index in [1.807, 2.05) is 4.90 Å². The Kier molecular flexibility index (Phi) is 3.84. The first-order chi connectivity index (χ1) is 8.58. The lowest BCUT2D eigenvalue weighted by molar-refractivity contribution is 0.0729. The van der Waals surface area contributed by atoms with Crippen LogP contribution in [-0.4, -0.2) is 28.4 Å². The van der Waals surface area contributed by atoms with Crippen molar-refractivity contribution in [1.29, 1.82) is 0 Å². The molecule has 0 bridgehead atoms. The van der Waals surface area contributed by atoms with Crippen LogP contribution in [0.3, 0.4) is 0 Å². The molecule has 1 aromatic heterocycles. The zero-order valence-corrected chi connectivity index (χ0v) is 11.1. The van der Waals surface area contributed by atoms with E-state index >= 15 is 0 Å². The molecule has 2 N–H and O–H groups in total. The molecule has 98 valence electrons. The minimum atomic E-state index is 0.0400. The second-order valence-electron chi connectivity index (χ2n) is 5.39. The lowest BCUT2D eigenvalue weighted by atomic mass is 10.1. The molecule has 4 heteroatoms. The van der Waals surface area contributed by atoms with Crippen LogP contribution in [-0.2, 0) is 0 Å². The van der Waals surface area contributed by atoms with Gasteiger partial charge in [0.1, 0.15) is 5.69 Å². The number of nitrogens with zero attached hydrogens (tertiary/aromatic N) is 2. The minimum Gasteiger partial charge on any atom is -0.397 e. The molecule has 2 rings (SSSR count). The number of amides is 1. The third kappa shape index (κ3) is 3.22. The third-order valence-electron chi connectivity index (χ3n) is 3.20. The fourth-order valence-electron chi connectivity index (χ4n) is 1.91. The average molecular weight is 247 g/mol. The molecular weight excluding hydrogens is 226 g/mol. The van der Waals surface area contributed by atoms with Crippen LogP contribution < -0.4 is 5.73 Å². The molecule has 0 spiro atoms. The van der Waals surface area contributed by atoms with Gasteiger partial charge < -0.3 is 10.6 Å². The van der Waals surface area contributed by atoms with Crippen LogP contribution in [0.2, 0.25) is 0 Å². The third-order valence-corrected chi connectivity index (χ3v) is 3.20. The zero-order valence-electron chi connectivity index (χ0n) is 11.1. The van der Waals surface area contributed by atoms with Crippen molar-refractivity contribution in [1.82, 2.24) is 9.88 Å². The van der Waals surface area contributed by atoms with Crippen LogP contribution in [0.5, 0.6) is 0 Å². The fourth-order valence-corrected chi connectivity index (χ4v) is 1.91. The number of hydrogen-bond acceptors (Lipinski definition) is 3. The van der Waals surface area contributed by atoms with Gasteiger partial charge in [0.2, 0.25) is 0 Å². The summed E-state index contributed by atoms with van der Waals surface area (Å²) in [5, 5.41) is 0. The van der Waals surface area contributed by atoms with E-state index < -0.39 is 0 Å². The molecule has 4 nitrogen and oxygen atoms in total. The quantitative estimate of drug-likeness (QED) is 0.868. The van der Waals surface area contributed by atoms with Crippen LogP contribution in [0, 0.1) is 5.92 Å². The maximum absolute atomic E-state index is 12.4. The predicted molar refractivity (Wildman–Crippen MR) is 72.2 cm³/mol. The summed E-state index contributed by atoms with van der Waals surface area (Å²) < 4.78 is 0. The Morgan fingerprint density at radius 1 is 1.50 bits per heavy atom. The highest BCUT2D eigenvalue weighted by atomic mass is 16.2. The number of carbonyl (C=O) groups excluding carboxylic acids is 1. The summed E-state index contributed by atoms with van der Waals surface area (Å²) in [7, 11) is 0. The van der Waals surface area contributed by atoms with Crippen LogP contribution >= 0.6 is 0 Å². The van der Waals surface area contributed by atoms with Gasteiger partial charge in [0.15, 0.2) is 0 Å². The van der Waals surface area contributed by atoms with Gasteiger partial charge in [-0.3, -0.25) is 4.79 Å². The monoisotopic (exact) mass is 247 g/mol. The van der Waals surface area contributed by atoms with Gasteiger partial charge in [0, 0.05) is 12.6 Å². The molecule has 1 heterocycles. The lowest BCUT2D eigenvalue weighted by Crippen LogP contribution is -2.35. The van der Waals surface area contributed by atoms with E-state index in [4.69, 9.17) is 5.73 Å². The summed E-state index contributed by atoms with van der Waals surface area (Å²) in [5.41, 5.74) is 6.68. The van der Waals surface area contributed by atoms with Gasteiger partial charge in [-0.15, -0.1) is 0 Å². The van der Waals surface area contributed by atoms with Crippen molar-refractivity contribution >= 4 is 11.6 Å². The molecule has 1 saturated carbocycles. The number of rotatable bonds is 5. The molecule has 0 aliphatic heterocycles. The Morgan fingerprint density at radius 2 is 2.22 bits per heavy atom. The van der Waals surface area contributed by atoms with E-state index in [1.54, 1.807) is 18.3 Å². The first-order valence-electron chi connectivity index (χ1n) is 6.60. The van der Waals surface area contributed by atoms with Crippen LogP contribution in [0.4, 0.5) is 5.69 Å². The van der Waals surface area contributed by atoms with Crippen molar-refractivity contribution in [3.63, 3.8) is 0 Å². The topological polar surface area (TPSA) is 59.2 Å². The van der Waals surface area contributed by atoms with Gasteiger partial charge >= 0.3 is 0 Å². The molecule has 1 fully saturated rings. The van der Waals surface area contributed by atoms with Crippen molar-refractivity contribution < 1.29 is 4.79 Å². The normalized spacial score (nSPS) is 14.8. The molecule has 0 radical (unpaired) electrons. The summed E-state index contributed by atoms with van der Waals surface area (Å²) in [6.07, 6.45) is 4.83. The second kappa shape index (κ2) is 5.38. The molecule has 0 atom stereocenters. The fraction of sp³-hybridized carbons (Fsp3) is 0.571. The van der Waals surface area contributed by atoms with Crippen LogP contribution in [0.25, 0.3) is 0 Å². The van der Waals surface area contributed by atoms with Crippen molar-refractivity contribution in [2.45, 2.75) is 39.2 Å². The number of hydrogen-bond donors (Lipinski definition) is 1. The van der Waals surface area contributed by atoms with E-state index in [0.29, 0.717) is 23.3 Å². The number of nitrogens with two attached hydrogens (primary N) is 1. The highest BCUT2D eigenvalue weighted by Gasteiger charge is 2.33. The molecule has 1 aromatic rings. The Bertz CT molecular complexity index is 410. The van der Waals surface area contributed by atoms with E-state index in [2.05, 4.69) is 18.8 Å². The van der Waals surface area contributed by atoms with Crippen molar-refractivity contribution in [3.05, 3.63) is 24.0 Å². The maximum Gasteiger partial charge on any atom is 0.272 e. The highest BCUT2D eigenvalue weighted by Crippen LogP contribution is 2.28. The van der Waals surface area contributed by atoms with Gasteiger partial charge in [-0.25, -0.2) is 4.98 Å². The number of pyridine rings is 1. The second-order valence-corrected chi connectivity index (χ2v) is 5.39. The van der Waals surface area contributed by atoms with Crippen LogP contribution in [0.15, 0.2) is 18.3 Å². The summed E-state index contributed by atoms with van der Waals surface area (Å²) >= 11 is 0. The first kappa shape index (κ1) is 12.9. The van der Waals surface area contributed by atoms with Gasteiger partial charge in [-0.1, -0.05) is 13.8 Å². The Morgan fingerprint density at radius 3 is 2.72 bits per heavy atom. The highest BCUT2D eigenvalue weighted by molar-refractivity contribution is 5.92. The first-order valence-corrected chi connectivity index (χ1v) is 6.60. The number of carbonyl (C=O) groups is 1. The smallest absolute Gasteiger partial charge is 0.272 e.